The highest BCUT2D eigenvalue weighted by molar-refractivity contribution is 6.21. The number of hydrogen-bond donors (Lipinski definition) is 3. The molecule has 13 atom stereocenters. The molecule has 3 N–H and O–H groups in total. The van der Waals surface area contributed by atoms with E-state index in [1.54, 1.807) is 13.0 Å². The van der Waals surface area contributed by atoms with Crippen LogP contribution in [0.2, 0.25) is 0 Å². The molecule has 12 amide bonds. The molecule has 0 aromatic carbocycles. The summed E-state index contributed by atoms with van der Waals surface area (Å²) < 4.78 is 42.5. The van der Waals surface area contributed by atoms with Crippen molar-refractivity contribution >= 4 is 82.5 Å². The van der Waals surface area contributed by atoms with Crippen LogP contribution in [0, 0.1) is 46.8 Å². The highest BCUT2D eigenvalue weighted by atomic mass is 35.5. The van der Waals surface area contributed by atoms with Crippen molar-refractivity contribution in [2.24, 2.45) is 46.8 Å². The minimum Gasteiger partial charge on any atom is -0.347 e. The summed E-state index contributed by atoms with van der Waals surface area (Å²) in [6.07, 6.45) is 7.82. The first kappa shape index (κ1) is 85.7. The van der Waals surface area contributed by atoms with Gasteiger partial charge in [-0.15, -0.1) is 11.6 Å². The molecular formula is C77H124ClF3N12O12. The molecule has 1 spiro atoms. The number of carbonyl (C=O) groups is 12. The molecule has 4 aliphatic carbocycles. The number of likely N-dealkylation sites (N-methyl/N-ethyl adjacent to an activating group) is 7. The quantitative estimate of drug-likeness (QED) is 0.119. The van der Waals surface area contributed by atoms with Gasteiger partial charge in [0.2, 0.25) is 70.9 Å². The summed E-state index contributed by atoms with van der Waals surface area (Å²) in [5.74, 6) is -10.3. The van der Waals surface area contributed by atoms with Gasteiger partial charge in [-0.3, -0.25) is 57.5 Å². The summed E-state index contributed by atoms with van der Waals surface area (Å²) in [5, 5.41) is 7.73. The second-order valence-electron chi connectivity index (χ2n) is 33.3. The van der Waals surface area contributed by atoms with E-state index in [1.807, 2.05) is 40.7 Å². The van der Waals surface area contributed by atoms with Gasteiger partial charge in [0.25, 0.3) is 0 Å². The highest BCUT2D eigenvalue weighted by Gasteiger charge is 2.59. The Morgan fingerprint density at radius 3 is 1.87 bits per heavy atom. The lowest BCUT2D eigenvalue weighted by Gasteiger charge is -2.54. The first-order chi connectivity index (χ1) is 49.3. The third kappa shape index (κ3) is 21.0. The molecule has 2 saturated heterocycles. The molecular weight excluding hydrogens is 1380 g/mol. The Labute approximate surface area is 626 Å². The van der Waals surface area contributed by atoms with Crippen LogP contribution in [0.15, 0.2) is 12.2 Å². The Kier molecular flexibility index (Phi) is 30.2. The average Bonchev–Trinajstić information content (AvgIpc) is 1.53. The van der Waals surface area contributed by atoms with E-state index in [4.69, 9.17) is 11.6 Å². The average molecular weight is 1500 g/mol. The Balaban J connectivity index is 1.32. The van der Waals surface area contributed by atoms with Crippen molar-refractivity contribution in [3.8, 4) is 0 Å². The second-order valence-corrected chi connectivity index (χ2v) is 33.9. The van der Waals surface area contributed by atoms with Crippen LogP contribution < -0.4 is 16.0 Å². The maximum atomic E-state index is 15.8. The van der Waals surface area contributed by atoms with Gasteiger partial charge in [-0.1, -0.05) is 118 Å². The zero-order chi connectivity index (χ0) is 77.9. The fraction of sp³-hybridized carbons (Fsp3) is 0.818. The van der Waals surface area contributed by atoms with Crippen LogP contribution in [0.4, 0.5) is 13.2 Å². The summed E-state index contributed by atoms with van der Waals surface area (Å²) >= 11 is 6.48. The summed E-state index contributed by atoms with van der Waals surface area (Å²) in [5.41, 5.74) is -2.10. The third-order valence-electron chi connectivity index (χ3n) is 24.4. The number of fused-ring (bicyclic) bond motifs is 3. The van der Waals surface area contributed by atoms with Crippen molar-refractivity contribution in [3.63, 3.8) is 0 Å². The Hall–Kier alpha value is -6.54. The predicted molar refractivity (Wildman–Crippen MR) is 393 cm³/mol. The zero-order valence-electron chi connectivity index (χ0n) is 65.3. The van der Waals surface area contributed by atoms with Gasteiger partial charge in [0.05, 0.1) is 25.4 Å². The van der Waals surface area contributed by atoms with Crippen molar-refractivity contribution < 1.29 is 70.7 Å². The molecule has 3 heterocycles. The number of nitrogens with zero attached hydrogens (tertiary/aromatic N) is 9. The lowest BCUT2D eigenvalue weighted by molar-refractivity contribution is -0.182. The van der Waals surface area contributed by atoms with E-state index in [1.165, 1.54) is 100 Å². The largest absolute Gasteiger partial charge is 0.393 e. The molecule has 7 aliphatic rings. The first-order valence-corrected chi connectivity index (χ1v) is 39.4. The van der Waals surface area contributed by atoms with Crippen LogP contribution in [0.25, 0.3) is 0 Å². The minimum absolute atomic E-state index is 0.00495. The molecule has 6 fully saturated rings. The fourth-order valence-electron chi connectivity index (χ4n) is 18.0. The minimum atomic E-state index is -4.52. The standard InChI is InChI=1S/C77H124ClF3N12O12/c1-16-24-51-40-58-67(98)84-76(45-75(6,7)46-76)74(105)91(15)65(52-26-21-22-27-52)73(104)90(14)59(69(100)85(8)9)41-62(95)88(12)56(25-17-2)66(97)83-64(48(5)18-3)72(103)87(11)44-63(96)89(13)57-28-20-19-23-37-92(71(57)102)60(39-50-31-29-47(4)30-32-50)70(101)86(10)43-61(94)82-55(68(99)93(58)42-51)36-34-49-33-35-53(54(78)38-49)77(79,80)81/h19-20,47-60,64-65H,16-18,21-46H2,1-15H3,(H,82,94)(H,83,97)(H,84,98)/b20-19-/t47?,48-,49?,50?,51+,53?,54?,55-,56-,57-,58-,59-,60-,64-,65-/m0/s1. The molecule has 0 radical (unpaired) electrons. The second kappa shape index (κ2) is 37.0. The van der Waals surface area contributed by atoms with Crippen molar-refractivity contribution in [3.05, 3.63) is 12.2 Å². The van der Waals surface area contributed by atoms with Gasteiger partial charge >= 0.3 is 6.18 Å². The summed E-state index contributed by atoms with van der Waals surface area (Å²) in [6.45, 7) is 12.5. The molecule has 0 aromatic heterocycles. The van der Waals surface area contributed by atoms with Gasteiger partial charge in [0.1, 0.15) is 53.9 Å². The van der Waals surface area contributed by atoms with E-state index in [9.17, 15) is 41.9 Å². The van der Waals surface area contributed by atoms with Gasteiger partial charge in [-0.05, 0) is 137 Å². The van der Waals surface area contributed by atoms with Crippen LogP contribution in [-0.4, -0.2) is 263 Å². The summed E-state index contributed by atoms with van der Waals surface area (Å²) in [7, 11) is 11.6. The van der Waals surface area contributed by atoms with Gasteiger partial charge in [0.15, 0.2) is 0 Å². The van der Waals surface area contributed by atoms with Gasteiger partial charge in [-0.25, -0.2) is 0 Å². The van der Waals surface area contributed by atoms with E-state index in [0.29, 0.717) is 50.9 Å². The molecule has 105 heavy (non-hydrogen) atoms. The van der Waals surface area contributed by atoms with E-state index in [2.05, 4.69) is 22.9 Å². The van der Waals surface area contributed by atoms with Crippen molar-refractivity contribution in [2.75, 3.05) is 82.6 Å². The number of alkyl halides is 4. The number of rotatable bonds is 13. The molecule has 3 unspecified atom stereocenters. The molecule has 4 saturated carbocycles. The van der Waals surface area contributed by atoms with Crippen LogP contribution in [0.1, 0.15) is 209 Å². The number of hydrogen-bond acceptors (Lipinski definition) is 12. The Morgan fingerprint density at radius 2 is 1.28 bits per heavy atom. The Morgan fingerprint density at radius 1 is 0.648 bits per heavy atom. The Bertz CT molecular complexity index is 3130. The van der Waals surface area contributed by atoms with Gasteiger partial charge < -0.3 is 60.0 Å². The van der Waals surface area contributed by atoms with Crippen molar-refractivity contribution in [1.29, 1.82) is 0 Å². The molecule has 2 bridgehead atoms. The smallest absolute Gasteiger partial charge is 0.347 e. The molecule has 28 heteroatoms. The molecule has 592 valence electrons. The lowest BCUT2D eigenvalue weighted by atomic mass is 9.58. The van der Waals surface area contributed by atoms with Crippen molar-refractivity contribution in [1.82, 2.24) is 60.0 Å². The van der Waals surface area contributed by atoms with E-state index in [-0.39, 0.29) is 101 Å². The van der Waals surface area contributed by atoms with Crippen LogP contribution >= 0.6 is 11.6 Å². The first-order valence-electron chi connectivity index (χ1n) is 38.9. The highest BCUT2D eigenvalue weighted by Crippen LogP contribution is 2.50. The normalized spacial score (nSPS) is 32.1. The van der Waals surface area contributed by atoms with E-state index >= 15 is 28.8 Å². The van der Waals surface area contributed by atoms with Gasteiger partial charge in [0, 0.05) is 74.8 Å². The summed E-state index contributed by atoms with van der Waals surface area (Å²) in [6, 6.07) is -9.84. The molecule has 7 rings (SSSR count). The molecule has 0 aromatic rings. The number of carbonyl (C=O) groups excluding carboxylic acids is 12. The van der Waals surface area contributed by atoms with Crippen LogP contribution in [0.3, 0.4) is 0 Å². The third-order valence-corrected chi connectivity index (χ3v) is 24.9. The number of nitrogens with one attached hydrogen (secondary N) is 3. The lowest BCUT2D eigenvalue weighted by Crippen LogP contribution is -2.71. The SMILES string of the molecule is CCC[C@@H]1C[C@H]2C(=O)NC3(CC(C)(C)C3)C(=O)N(C)[C@@H](C3CCCC3)C(=O)N(C)[C@H](C(=O)N(C)C)CC(=O)N(C)[C@@H](CCC)C(=O)N[C@@H]([C@@H](C)CC)C(=O)N(C)CC(=O)N(C)[C@H]3C/C=C\CCN(C3=O)[C@@H](CC3CCC(C)CC3)C(=O)N(C)CC(=O)N[C@@H](CCC3CCC(C(F)(F)F)C(Cl)C3)C(=O)N2C1. The van der Waals surface area contributed by atoms with E-state index in [0.717, 1.165) is 38.5 Å². The topological polar surface area (TPSA) is 270 Å². The van der Waals surface area contributed by atoms with Gasteiger partial charge in [-0.2, -0.15) is 13.2 Å². The number of amides is 12. The molecule has 24 nitrogen and oxygen atoms in total. The monoisotopic (exact) mass is 1500 g/mol. The summed E-state index contributed by atoms with van der Waals surface area (Å²) in [4.78, 5) is 194. The van der Waals surface area contributed by atoms with Crippen molar-refractivity contribution in [2.45, 2.75) is 274 Å². The van der Waals surface area contributed by atoms with Crippen LogP contribution in [-0.2, 0) is 57.5 Å². The zero-order valence-corrected chi connectivity index (χ0v) is 66.1. The maximum absolute atomic E-state index is 15.8. The van der Waals surface area contributed by atoms with E-state index < -0.39 is 179 Å². The van der Waals surface area contributed by atoms with Crippen LogP contribution in [0.5, 0.6) is 0 Å². The number of halogens is 4. The fourth-order valence-corrected chi connectivity index (χ4v) is 18.5. The predicted octanol–water partition coefficient (Wildman–Crippen LogP) is 7.53. The molecule has 3 aliphatic heterocycles. The maximum Gasteiger partial charge on any atom is 0.393 e.